The molecule has 62 valence electrons. The number of benzene rings is 1. The summed E-state index contributed by atoms with van der Waals surface area (Å²) in [5.74, 6) is 0. The van der Waals surface area contributed by atoms with Crippen LogP contribution in [0.3, 0.4) is 0 Å². The van der Waals surface area contributed by atoms with E-state index in [0.717, 1.165) is 5.69 Å². The smallest absolute Gasteiger partial charge is 0.276 e. The topological polar surface area (TPSA) is 22.0 Å². The van der Waals surface area contributed by atoms with Gasteiger partial charge in [0.05, 0.1) is 0 Å². The summed E-state index contributed by atoms with van der Waals surface area (Å²) in [5, 5.41) is 0. The number of rotatable bonds is 1. The van der Waals surface area contributed by atoms with E-state index in [-0.39, 0.29) is 5.56 Å². The molecule has 1 aromatic heterocycles. The fraction of sp³-hybridized carbons (Fsp3) is 0. The van der Waals surface area contributed by atoms with Gasteiger partial charge in [-0.3, -0.25) is 9.36 Å². The molecule has 0 N–H and O–H groups in total. The van der Waals surface area contributed by atoms with Crippen molar-refractivity contribution in [1.29, 1.82) is 0 Å². The molecule has 0 saturated heterocycles. The molecule has 0 unspecified atom stereocenters. The highest BCUT2D eigenvalue weighted by atomic mass is 16.1. The third-order valence-corrected chi connectivity index (χ3v) is 1.74. The second-order valence-corrected chi connectivity index (χ2v) is 2.60. The van der Waals surface area contributed by atoms with E-state index in [1.165, 1.54) is 4.57 Å². The molecule has 0 aliphatic rings. The highest BCUT2D eigenvalue weighted by Crippen LogP contribution is 2.01. The fourth-order valence-electron chi connectivity index (χ4n) is 1.14. The Morgan fingerprint density at radius 1 is 1.15 bits per heavy atom. The maximum atomic E-state index is 11.3. The molecule has 1 heterocycles. The third kappa shape index (κ3) is 1.45. The minimum absolute atomic E-state index is 0.186. The maximum Gasteiger partial charge on any atom is 0.307 e. The summed E-state index contributed by atoms with van der Waals surface area (Å²) in [4.78, 5) is 11.3. The summed E-state index contributed by atoms with van der Waals surface area (Å²) >= 11 is 0. The minimum atomic E-state index is -0.186. The van der Waals surface area contributed by atoms with Gasteiger partial charge in [-0.05, 0) is 12.1 Å². The average molecular weight is 169 g/mol. The van der Waals surface area contributed by atoms with Crippen LogP contribution >= 0.6 is 0 Å². The summed E-state index contributed by atoms with van der Waals surface area (Å²) in [5.41, 5.74) is 0.659. The van der Waals surface area contributed by atoms with Gasteiger partial charge in [0.1, 0.15) is 0 Å². The van der Waals surface area contributed by atoms with Crippen LogP contribution in [0, 0.1) is 12.1 Å². The van der Waals surface area contributed by atoms with Crippen LogP contribution < -0.4 is 5.56 Å². The Morgan fingerprint density at radius 3 is 2.62 bits per heavy atom. The predicted molar refractivity (Wildman–Crippen MR) is 49.7 cm³/mol. The lowest BCUT2D eigenvalue weighted by molar-refractivity contribution is 0.994. The van der Waals surface area contributed by atoms with E-state index in [1.807, 2.05) is 30.3 Å². The van der Waals surface area contributed by atoms with Gasteiger partial charge in [0.15, 0.2) is 0 Å². The monoisotopic (exact) mass is 169 g/mol. The molecule has 0 fully saturated rings. The third-order valence-electron chi connectivity index (χ3n) is 1.74. The van der Waals surface area contributed by atoms with Crippen LogP contribution in [0.5, 0.6) is 0 Å². The maximum absolute atomic E-state index is 11.3. The summed E-state index contributed by atoms with van der Waals surface area (Å²) in [6.07, 6.45) is 1.67. The van der Waals surface area contributed by atoms with E-state index in [0.29, 0.717) is 0 Å². The summed E-state index contributed by atoms with van der Waals surface area (Å²) in [6, 6.07) is 16.2. The molecule has 0 aliphatic carbocycles. The van der Waals surface area contributed by atoms with E-state index in [2.05, 4.69) is 12.1 Å². The minimum Gasteiger partial charge on any atom is -0.276 e. The highest BCUT2D eigenvalue weighted by Gasteiger charge is 1.94. The molecule has 0 amide bonds. The van der Waals surface area contributed by atoms with Crippen LogP contribution in [0.25, 0.3) is 5.69 Å². The van der Waals surface area contributed by atoms with E-state index < -0.39 is 0 Å². The number of hydrogen-bond donors (Lipinski definition) is 0. The zero-order valence-electron chi connectivity index (χ0n) is 6.90. The lowest BCUT2D eigenvalue weighted by atomic mass is 10.3. The summed E-state index contributed by atoms with van der Waals surface area (Å²) < 4.78 is 1.52. The van der Waals surface area contributed by atoms with Gasteiger partial charge >= 0.3 is 5.56 Å². The lowest BCUT2D eigenvalue weighted by Gasteiger charge is -2.00. The van der Waals surface area contributed by atoms with Crippen LogP contribution in [0.15, 0.2) is 47.4 Å². The molecular weight excluding hydrogens is 162 g/mol. The van der Waals surface area contributed by atoms with Gasteiger partial charge in [-0.1, -0.05) is 24.3 Å². The normalized spacial score (nSPS) is 9.23. The molecule has 0 saturated carbocycles. The zero-order valence-corrected chi connectivity index (χ0v) is 6.90. The van der Waals surface area contributed by atoms with Crippen molar-refractivity contribution >= 4 is 0 Å². The van der Waals surface area contributed by atoms with Crippen molar-refractivity contribution in [2.75, 3.05) is 0 Å². The Kier molecular flexibility index (Phi) is 1.85. The molecule has 2 heteroatoms. The van der Waals surface area contributed by atoms with Crippen molar-refractivity contribution in [2.45, 2.75) is 0 Å². The molecule has 0 spiro atoms. The molecule has 0 aliphatic heterocycles. The molecule has 0 atom stereocenters. The Morgan fingerprint density at radius 2 is 1.92 bits per heavy atom. The first kappa shape index (κ1) is 7.63. The van der Waals surface area contributed by atoms with Crippen molar-refractivity contribution in [3.05, 3.63) is 65.1 Å². The average Bonchev–Trinajstić information content (AvgIpc) is 2.20. The molecule has 2 aromatic rings. The SMILES string of the molecule is O=c1c#cccn1-c1ccccc1. The van der Waals surface area contributed by atoms with Crippen LogP contribution in [-0.2, 0) is 0 Å². The number of para-hydroxylation sites is 1. The molecular formula is C11H7NO. The number of nitrogens with zero attached hydrogens (tertiary/aromatic N) is 1. The fourth-order valence-corrected chi connectivity index (χ4v) is 1.14. The summed E-state index contributed by atoms with van der Waals surface area (Å²) in [6.45, 7) is 0. The lowest BCUT2D eigenvalue weighted by Crippen LogP contribution is -2.14. The Balaban J connectivity index is 2.60. The van der Waals surface area contributed by atoms with E-state index in [4.69, 9.17) is 0 Å². The Bertz CT molecular complexity index is 445. The van der Waals surface area contributed by atoms with Gasteiger partial charge in [-0.15, -0.1) is 0 Å². The van der Waals surface area contributed by atoms with Crippen molar-refractivity contribution in [2.24, 2.45) is 0 Å². The van der Waals surface area contributed by atoms with Gasteiger partial charge in [0.25, 0.3) is 0 Å². The van der Waals surface area contributed by atoms with E-state index in [9.17, 15) is 4.79 Å². The number of hydrogen-bond acceptors (Lipinski definition) is 1. The predicted octanol–water partition coefficient (Wildman–Crippen LogP) is 1.44. The molecule has 2 rings (SSSR count). The first-order chi connectivity index (χ1) is 6.38. The highest BCUT2D eigenvalue weighted by molar-refractivity contribution is 5.30. The van der Waals surface area contributed by atoms with Gasteiger partial charge in [-0.25, -0.2) is 0 Å². The molecule has 2 nitrogen and oxygen atoms in total. The number of aromatic nitrogens is 1. The van der Waals surface area contributed by atoms with Crippen molar-refractivity contribution in [3.63, 3.8) is 0 Å². The van der Waals surface area contributed by atoms with Gasteiger partial charge in [0.2, 0.25) is 0 Å². The van der Waals surface area contributed by atoms with Crippen molar-refractivity contribution in [1.82, 2.24) is 4.57 Å². The first-order valence-corrected chi connectivity index (χ1v) is 3.94. The second-order valence-electron chi connectivity index (χ2n) is 2.60. The first-order valence-electron chi connectivity index (χ1n) is 3.94. The zero-order chi connectivity index (χ0) is 9.10. The van der Waals surface area contributed by atoms with Gasteiger partial charge < -0.3 is 0 Å². The standard InChI is InChI=1S/C11H7NO/c13-11-8-4-5-9-12(11)10-6-2-1-3-7-10/h1-3,5-7,9H. The van der Waals surface area contributed by atoms with E-state index in [1.54, 1.807) is 12.3 Å². The van der Waals surface area contributed by atoms with Crippen LogP contribution in [0.4, 0.5) is 0 Å². The largest absolute Gasteiger partial charge is 0.307 e. The van der Waals surface area contributed by atoms with E-state index >= 15 is 0 Å². The van der Waals surface area contributed by atoms with Crippen molar-refractivity contribution in [3.8, 4) is 5.69 Å². The van der Waals surface area contributed by atoms with Gasteiger partial charge in [0, 0.05) is 24.0 Å². The second kappa shape index (κ2) is 3.16. The van der Waals surface area contributed by atoms with Crippen LogP contribution in [0.1, 0.15) is 0 Å². The molecule has 13 heavy (non-hydrogen) atoms. The molecule has 0 bridgehead atoms. The molecule has 0 radical (unpaired) electrons. The quantitative estimate of drug-likeness (QED) is 0.633. The van der Waals surface area contributed by atoms with Crippen LogP contribution in [-0.4, -0.2) is 4.57 Å². The molecule has 1 aromatic carbocycles. The summed E-state index contributed by atoms with van der Waals surface area (Å²) in [7, 11) is 0. The van der Waals surface area contributed by atoms with Crippen molar-refractivity contribution < 1.29 is 0 Å². The van der Waals surface area contributed by atoms with Crippen LogP contribution in [0.2, 0.25) is 0 Å². The Hall–Kier alpha value is -2.01. The Labute approximate surface area is 76.1 Å². The van der Waals surface area contributed by atoms with Gasteiger partial charge in [-0.2, -0.15) is 0 Å².